The number of halogens is 2. The van der Waals surface area contributed by atoms with Gasteiger partial charge < -0.3 is 5.73 Å². The van der Waals surface area contributed by atoms with Crippen LogP contribution in [0, 0.1) is 0 Å². The van der Waals surface area contributed by atoms with Crippen molar-refractivity contribution in [2.75, 3.05) is 6.54 Å². The Hall–Kier alpha value is -1.10. The zero-order chi connectivity index (χ0) is 11.5. The van der Waals surface area contributed by atoms with Crippen LogP contribution in [0.2, 0.25) is 10.0 Å². The molecule has 0 aliphatic heterocycles. The second-order valence-corrected chi connectivity index (χ2v) is 4.09. The maximum atomic E-state index is 5.94. The summed E-state index contributed by atoms with van der Waals surface area (Å²) in [6.07, 6.45) is 2.41. The number of hydrogen-bond acceptors (Lipinski definition) is 3. The van der Waals surface area contributed by atoms with Crippen LogP contribution in [0.3, 0.4) is 0 Å². The van der Waals surface area contributed by atoms with Gasteiger partial charge in [0.15, 0.2) is 0 Å². The molecule has 2 N–H and O–H groups in total. The standard InChI is InChI=1S/C10H10Cl2N4/c11-9-2-1-7(5-10(9)12)16-8(3-4-13)6-14-15-16/h1-2,5-6H,3-4,13H2. The molecule has 2 rings (SSSR count). The van der Waals surface area contributed by atoms with Gasteiger partial charge in [-0.15, -0.1) is 5.10 Å². The Labute approximate surface area is 103 Å². The lowest BCUT2D eigenvalue weighted by Gasteiger charge is -2.06. The van der Waals surface area contributed by atoms with Gasteiger partial charge in [-0.3, -0.25) is 0 Å². The number of nitrogens with zero attached hydrogens (tertiary/aromatic N) is 3. The molecule has 0 saturated carbocycles. The van der Waals surface area contributed by atoms with E-state index in [1.807, 2.05) is 6.07 Å². The Kier molecular flexibility index (Phi) is 3.43. The zero-order valence-corrected chi connectivity index (χ0v) is 9.91. The molecule has 0 aliphatic rings. The summed E-state index contributed by atoms with van der Waals surface area (Å²) in [5, 5.41) is 8.85. The zero-order valence-electron chi connectivity index (χ0n) is 8.40. The minimum Gasteiger partial charge on any atom is -0.330 e. The Morgan fingerprint density at radius 2 is 2.06 bits per heavy atom. The highest BCUT2D eigenvalue weighted by Gasteiger charge is 2.07. The molecule has 2 aromatic rings. The molecule has 0 atom stereocenters. The third kappa shape index (κ3) is 2.19. The minimum atomic E-state index is 0.494. The highest BCUT2D eigenvalue weighted by Crippen LogP contribution is 2.24. The summed E-state index contributed by atoms with van der Waals surface area (Å²) in [4.78, 5) is 0. The molecule has 0 fully saturated rings. The average Bonchev–Trinajstić information content (AvgIpc) is 2.71. The molecule has 0 unspecified atom stereocenters. The van der Waals surface area contributed by atoms with Crippen LogP contribution in [0.1, 0.15) is 5.69 Å². The lowest BCUT2D eigenvalue weighted by molar-refractivity contribution is 0.755. The van der Waals surface area contributed by atoms with E-state index >= 15 is 0 Å². The molecule has 4 nitrogen and oxygen atoms in total. The molecule has 1 aromatic carbocycles. The Balaban J connectivity index is 2.42. The summed E-state index contributed by atoms with van der Waals surface area (Å²) in [5.74, 6) is 0. The van der Waals surface area contributed by atoms with Crippen molar-refractivity contribution in [2.24, 2.45) is 5.73 Å². The second kappa shape index (κ2) is 4.82. The van der Waals surface area contributed by atoms with Crippen molar-refractivity contribution in [2.45, 2.75) is 6.42 Å². The van der Waals surface area contributed by atoms with E-state index in [0.29, 0.717) is 23.0 Å². The van der Waals surface area contributed by atoms with Gasteiger partial charge in [0, 0.05) is 6.42 Å². The molecular formula is C10H10Cl2N4. The van der Waals surface area contributed by atoms with Crippen molar-refractivity contribution in [3.63, 3.8) is 0 Å². The monoisotopic (exact) mass is 256 g/mol. The van der Waals surface area contributed by atoms with E-state index in [4.69, 9.17) is 28.9 Å². The van der Waals surface area contributed by atoms with Gasteiger partial charge in [0.25, 0.3) is 0 Å². The van der Waals surface area contributed by atoms with Gasteiger partial charge in [-0.1, -0.05) is 28.4 Å². The molecule has 16 heavy (non-hydrogen) atoms. The first-order chi connectivity index (χ1) is 7.72. The van der Waals surface area contributed by atoms with Crippen LogP contribution >= 0.6 is 23.2 Å². The van der Waals surface area contributed by atoms with Crippen molar-refractivity contribution in [1.29, 1.82) is 0 Å². The van der Waals surface area contributed by atoms with Crippen LogP contribution < -0.4 is 5.73 Å². The Bertz CT molecular complexity index is 495. The molecule has 84 valence electrons. The van der Waals surface area contributed by atoms with Gasteiger partial charge >= 0.3 is 0 Å². The van der Waals surface area contributed by atoms with E-state index in [2.05, 4.69) is 10.3 Å². The van der Waals surface area contributed by atoms with Crippen molar-refractivity contribution >= 4 is 23.2 Å². The number of hydrogen-bond donors (Lipinski definition) is 1. The summed E-state index contributed by atoms with van der Waals surface area (Å²) in [5.41, 5.74) is 7.28. The van der Waals surface area contributed by atoms with Gasteiger partial charge in [0.05, 0.1) is 27.6 Å². The van der Waals surface area contributed by atoms with Gasteiger partial charge in [-0.05, 0) is 24.7 Å². The fourth-order valence-corrected chi connectivity index (χ4v) is 1.70. The summed E-state index contributed by atoms with van der Waals surface area (Å²) in [6, 6.07) is 5.31. The van der Waals surface area contributed by atoms with Crippen LogP contribution in [0.15, 0.2) is 24.4 Å². The first kappa shape index (κ1) is 11.4. The van der Waals surface area contributed by atoms with E-state index in [9.17, 15) is 0 Å². The van der Waals surface area contributed by atoms with Crippen LogP contribution in [0.25, 0.3) is 5.69 Å². The number of benzene rings is 1. The van der Waals surface area contributed by atoms with Gasteiger partial charge in [0.2, 0.25) is 0 Å². The highest BCUT2D eigenvalue weighted by molar-refractivity contribution is 6.42. The van der Waals surface area contributed by atoms with Crippen LogP contribution in [-0.4, -0.2) is 21.5 Å². The van der Waals surface area contributed by atoms with Crippen LogP contribution in [0.4, 0.5) is 0 Å². The van der Waals surface area contributed by atoms with E-state index < -0.39 is 0 Å². The first-order valence-corrected chi connectivity index (χ1v) is 5.53. The molecule has 0 saturated heterocycles. The molecule has 6 heteroatoms. The molecule has 0 bridgehead atoms. The summed E-state index contributed by atoms with van der Waals surface area (Å²) in [7, 11) is 0. The van der Waals surface area contributed by atoms with Gasteiger partial charge in [0.1, 0.15) is 0 Å². The smallest absolute Gasteiger partial charge is 0.0730 e. The fourth-order valence-electron chi connectivity index (χ4n) is 1.41. The fraction of sp³-hybridized carbons (Fsp3) is 0.200. The molecule has 0 amide bonds. The third-order valence-electron chi connectivity index (χ3n) is 2.17. The topological polar surface area (TPSA) is 56.7 Å². The third-order valence-corrected chi connectivity index (χ3v) is 2.91. The average molecular weight is 257 g/mol. The lowest BCUT2D eigenvalue weighted by Crippen LogP contribution is -2.08. The predicted molar refractivity (Wildman–Crippen MR) is 64.1 cm³/mol. The van der Waals surface area contributed by atoms with Crippen molar-refractivity contribution in [3.8, 4) is 5.69 Å². The predicted octanol–water partition coefficient (Wildman–Crippen LogP) is 2.08. The molecule has 0 spiro atoms. The van der Waals surface area contributed by atoms with Crippen molar-refractivity contribution in [3.05, 3.63) is 40.1 Å². The molecule has 1 aromatic heterocycles. The lowest BCUT2D eigenvalue weighted by atomic mass is 10.3. The Morgan fingerprint density at radius 3 is 2.75 bits per heavy atom. The number of aromatic nitrogens is 3. The largest absolute Gasteiger partial charge is 0.330 e. The maximum Gasteiger partial charge on any atom is 0.0730 e. The summed E-state index contributed by atoms with van der Waals surface area (Å²) in [6.45, 7) is 0.550. The first-order valence-electron chi connectivity index (χ1n) is 4.77. The van der Waals surface area contributed by atoms with E-state index in [0.717, 1.165) is 11.4 Å². The normalized spacial score (nSPS) is 10.7. The molecule has 1 heterocycles. The maximum absolute atomic E-state index is 5.94. The van der Waals surface area contributed by atoms with Gasteiger partial charge in [-0.2, -0.15) is 0 Å². The molecule has 0 aliphatic carbocycles. The molecular weight excluding hydrogens is 247 g/mol. The summed E-state index contributed by atoms with van der Waals surface area (Å²) < 4.78 is 1.70. The Morgan fingerprint density at radius 1 is 1.25 bits per heavy atom. The summed E-state index contributed by atoms with van der Waals surface area (Å²) >= 11 is 11.8. The second-order valence-electron chi connectivity index (χ2n) is 3.27. The minimum absolute atomic E-state index is 0.494. The van der Waals surface area contributed by atoms with Crippen molar-refractivity contribution in [1.82, 2.24) is 15.0 Å². The molecule has 0 radical (unpaired) electrons. The quantitative estimate of drug-likeness (QED) is 0.915. The van der Waals surface area contributed by atoms with E-state index in [-0.39, 0.29) is 0 Å². The number of rotatable bonds is 3. The van der Waals surface area contributed by atoms with Crippen LogP contribution in [-0.2, 0) is 6.42 Å². The van der Waals surface area contributed by atoms with E-state index in [1.165, 1.54) is 0 Å². The van der Waals surface area contributed by atoms with E-state index in [1.54, 1.807) is 23.0 Å². The number of nitrogens with two attached hydrogens (primary N) is 1. The van der Waals surface area contributed by atoms with Crippen LogP contribution in [0.5, 0.6) is 0 Å². The highest BCUT2D eigenvalue weighted by atomic mass is 35.5. The van der Waals surface area contributed by atoms with Crippen molar-refractivity contribution < 1.29 is 0 Å². The van der Waals surface area contributed by atoms with Gasteiger partial charge in [-0.25, -0.2) is 4.68 Å². The SMILES string of the molecule is NCCc1cnnn1-c1ccc(Cl)c(Cl)c1.